The second-order valence-electron chi connectivity index (χ2n) is 7.15. The van der Waals surface area contributed by atoms with E-state index in [0.29, 0.717) is 5.75 Å². The highest BCUT2D eigenvalue weighted by atomic mass is 16.6. The summed E-state index contributed by atoms with van der Waals surface area (Å²) in [5.74, 6) is 0.252. The normalized spacial score (nSPS) is 10.6. The standard InChI is InChI=1S/C26H24N2O3/c1-30-25(29)19-31-23-14-8-9-20(17-23)15-16-28-18-24(21-10-4-2-5-11-21)26(27-28)22-12-6-3-7-13-22/h2-14,17-18H,15-16,19H2,1H3. The summed E-state index contributed by atoms with van der Waals surface area (Å²) in [6.45, 7) is 0.632. The summed E-state index contributed by atoms with van der Waals surface area (Å²) >= 11 is 0. The van der Waals surface area contributed by atoms with Gasteiger partial charge in [0.15, 0.2) is 6.61 Å². The van der Waals surface area contributed by atoms with Crippen LogP contribution in [0.3, 0.4) is 0 Å². The number of rotatable bonds is 8. The Labute approximate surface area is 181 Å². The molecule has 0 spiro atoms. The van der Waals surface area contributed by atoms with Gasteiger partial charge in [-0.1, -0.05) is 72.8 Å². The molecule has 0 atom stereocenters. The molecule has 0 radical (unpaired) electrons. The summed E-state index contributed by atoms with van der Waals surface area (Å²) in [4.78, 5) is 11.3. The van der Waals surface area contributed by atoms with Crippen LogP contribution in [0.4, 0.5) is 0 Å². The van der Waals surface area contributed by atoms with Gasteiger partial charge in [-0.05, 0) is 29.7 Å². The van der Waals surface area contributed by atoms with Crippen LogP contribution >= 0.6 is 0 Å². The number of aromatic nitrogens is 2. The molecule has 0 N–H and O–H groups in total. The zero-order valence-electron chi connectivity index (χ0n) is 17.4. The van der Waals surface area contributed by atoms with Crippen molar-refractivity contribution in [2.45, 2.75) is 13.0 Å². The van der Waals surface area contributed by atoms with E-state index in [1.54, 1.807) is 0 Å². The lowest BCUT2D eigenvalue weighted by Gasteiger charge is -2.07. The molecular weight excluding hydrogens is 388 g/mol. The lowest BCUT2D eigenvalue weighted by Crippen LogP contribution is -2.12. The Morgan fingerprint density at radius 2 is 1.61 bits per heavy atom. The molecule has 5 heteroatoms. The van der Waals surface area contributed by atoms with Crippen LogP contribution in [0.2, 0.25) is 0 Å². The van der Waals surface area contributed by atoms with Gasteiger partial charge >= 0.3 is 5.97 Å². The number of carbonyl (C=O) groups is 1. The van der Waals surface area contributed by atoms with E-state index in [1.165, 1.54) is 7.11 Å². The predicted octanol–water partition coefficient (Wildman–Crippen LogP) is 5.01. The van der Waals surface area contributed by atoms with Crippen LogP contribution < -0.4 is 4.74 Å². The zero-order chi connectivity index (χ0) is 21.5. The van der Waals surface area contributed by atoms with E-state index in [0.717, 1.165) is 40.9 Å². The highest BCUT2D eigenvalue weighted by Gasteiger charge is 2.13. The minimum atomic E-state index is -0.399. The van der Waals surface area contributed by atoms with Gasteiger partial charge in [-0.3, -0.25) is 4.68 Å². The fourth-order valence-corrected chi connectivity index (χ4v) is 3.41. The smallest absolute Gasteiger partial charge is 0.343 e. The Morgan fingerprint density at radius 1 is 0.903 bits per heavy atom. The fraction of sp³-hybridized carbons (Fsp3) is 0.154. The second-order valence-corrected chi connectivity index (χ2v) is 7.15. The van der Waals surface area contributed by atoms with Gasteiger partial charge < -0.3 is 9.47 Å². The molecule has 0 unspecified atom stereocenters. The van der Waals surface area contributed by atoms with Crippen LogP contribution in [-0.4, -0.2) is 29.5 Å². The average Bonchev–Trinajstić information content (AvgIpc) is 3.27. The van der Waals surface area contributed by atoms with Gasteiger partial charge in [-0.15, -0.1) is 0 Å². The number of methoxy groups -OCH3 is 1. The van der Waals surface area contributed by atoms with E-state index in [4.69, 9.17) is 9.84 Å². The van der Waals surface area contributed by atoms with Crippen LogP contribution in [-0.2, 0) is 22.5 Å². The van der Waals surface area contributed by atoms with E-state index in [2.05, 4.69) is 35.2 Å². The van der Waals surface area contributed by atoms with Crippen LogP contribution in [0.5, 0.6) is 5.75 Å². The van der Waals surface area contributed by atoms with E-state index in [9.17, 15) is 4.79 Å². The summed E-state index contributed by atoms with van der Waals surface area (Å²) < 4.78 is 12.1. The van der Waals surface area contributed by atoms with Crippen molar-refractivity contribution in [3.05, 3.63) is 96.7 Å². The molecule has 3 aromatic carbocycles. The number of ether oxygens (including phenoxy) is 2. The van der Waals surface area contributed by atoms with E-state index >= 15 is 0 Å². The quantitative estimate of drug-likeness (QED) is 0.382. The molecule has 0 saturated heterocycles. The van der Waals surface area contributed by atoms with Crippen LogP contribution in [0.25, 0.3) is 22.4 Å². The summed E-state index contributed by atoms with van der Waals surface area (Å²) in [5.41, 5.74) is 5.44. The number of aryl methyl sites for hydroxylation is 2. The highest BCUT2D eigenvalue weighted by molar-refractivity contribution is 5.80. The molecule has 0 aliphatic carbocycles. The SMILES string of the molecule is COC(=O)COc1cccc(CCn2cc(-c3ccccc3)c(-c3ccccc3)n2)c1. The first kappa shape index (κ1) is 20.4. The lowest BCUT2D eigenvalue weighted by atomic mass is 10.0. The van der Waals surface area contributed by atoms with Crippen molar-refractivity contribution in [3.8, 4) is 28.1 Å². The Morgan fingerprint density at radius 3 is 2.32 bits per heavy atom. The van der Waals surface area contributed by atoms with E-state index in [-0.39, 0.29) is 6.61 Å². The average molecular weight is 412 g/mol. The van der Waals surface area contributed by atoms with Crippen molar-refractivity contribution in [2.24, 2.45) is 0 Å². The van der Waals surface area contributed by atoms with Gasteiger partial charge in [-0.2, -0.15) is 5.10 Å². The first-order chi connectivity index (χ1) is 15.2. The third kappa shape index (κ3) is 5.20. The maximum absolute atomic E-state index is 11.3. The van der Waals surface area contributed by atoms with Gasteiger partial charge in [0.05, 0.1) is 7.11 Å². The molecule has 0 fully saturated rings. The molecular formula is C26H24N2O3. The molecule has 156 valence electrons. The predicted molar refractivity (Wildman–Crippen MR) is 121 cm³/mol. The largest absolute Gasteiger partial charge is 0.482 e. The van der Waals surface area contributed by atoms with Crippen molar-refractivity contribution in [1.82, 2.24) is 9.78 Å². The minimum Gasteiger partial charge on any atom is -0.482 e. The molecule has 1 heterocycles. The van der Waals surface area contributed by atoms with Crippen molar-refractivity contribution in [3.63, 3.8) is 0 Å². The first-order valence-corrected chi connectivity index (χ1v) is 10.2. The van der Waals surface area contributed by atoms with Crippen molar-refractivity contribution >= 4 is 5.97 Å². The zero-order valence-corrected chi connectivity index (χ0v) is 17.4. The minimum absolute atomic E-state index is 0.0972. The van der Waals surface area contributed by atoms with Crippen LogP contribution in [0.15, 0.2) is 91.1 Å². The van der Waals surface area contributed by atoms with Crippen molar-refractivity contribution < 1.29 is 14.3 Å². The molecule has 4 rings (SSSR count). The molecule has 0 aliphatic rings. The molecule has 31 heavy (non-hydrogen) atoms. The van der Waals surface area contributed by atoms with Gasteiger partial charge in [0.25, 0.3) is 0 Å². The third-order valence-electron chi connectivity index (χ3n) is 5.01. The molecule has 5 nitrogen and oxygen atoms in total. The number of nitrogens with zero attached hydrogens (tertiary/aromatic N) is 2. The Bertz CT molecular complexity index is 1080. The first-order valence-electron chi connectivity index (χ1n) is 10.2. The molecule has 4 aromatic rings. The topological polar surface area (TPSA) is 53.4 Å². The Kier molecular flexibility index (Phi) is 6.43. The number of hydrogen-bond acceptors (Lipinski definition) is 4. The van der Waals surface area contributed by atoms with E-state index < -0.39 is 5.97 Å². The summed E-state index contributed by atoms with van der Waals surface area (Å²) in [6, 6.07) is 28.3. The second kappa shape index (κ2) is 9.76. The van der Waals surface area contributed by atoms with Gasteiger partial charge in [0, 0.05) is 23.9 Å². The highest BCUT2D eigenvalue weighted by Crippen LogP contribution is 2.31. The lowest BCUT2D eigenvalue weighted by molar-refractivity contribution is -0.142. The van der Waals surface area contributed by atoms with Crippen molar-refractivity contribution in [2.75, 3.05) is 13.7 Å². The molecule has 0 amide bonds. The fourth-order valence-electron chi connectivity index (χ4n) is 3.41. The maximum atomic E-state index is 11.3. The van der Waals surface area contributed by atoms with Crippen molar-refractivity contribution in [1.29, 1.82) is 0 Å². The van der Waals surface area contributed by atoms with E-state index in [1.807, 2.05) is 65.3 Å². The van der Waals surface area contributed by atoms with Gasteiger partial charge in [-0.25, -0.2) is 4.79 Å². The maximum Gasteiger partial charge on any atom is 0.343 e. The molecule has 0 aliphatic heterocycles. The molecule has 1 aromatic heterocycles. The summed E-state index contributed by atoms with van der Waals surface area (Å²) in [7, 11) is 1.35. The van der Waals surface area contributed by atoms with Gasteiger partial charge in [0.2, 0.25) is 0 Å². The summed E-state index contributed by atoms with van der Waals surface area (Å²) in [6.07, 6.45) is 2.90. The number of carbonyl (C=O) groups excluding carboxylic acids is 1. The third-order valence-corrected chi connectivity index (χ3v) is 5.01. The Balaban J connectivity index is 1.53. The number of esters is 1. The molecule has 0 bridgehead atoms. The number of benzene rings is 3. The summed E-state index contributed by atoms with van der Waals surface area (Å²) in [5, 5.41) is 4.89. The Hall–Kier alpha value is -3.86. The number of hydrogen-bond donors (Lipinski definition) is 0. The van der Waals surface area contributed by atoms with Gasteiger partial charge in [0.1, 0.15) is 11.4 Å². The van der Waals surface area contributed by atoms with Crippen LogP contribution in [0, 0.1) is 0 Å². The van der Waals surface area contributed by atoms with Crippen LogP contribution in [0.1, 0.15) is 5.56 Å². The monoisotopic (exact) mass is 412 g/mol. The molecule has 0 saturated carbocycles.